The molecule has 1 aromatic carbocycles. The molecule has 2 heterocycles. The Morgan fingerprint density at radius 2 is 2.26 bits per heavy atom. The highest BCUT2D eigenvalue weighted by Crippen LogP contribution is 2.25. The van der Waals surface area contributed by atoms with Gasteiger partial charge in [0.25, 0.3) is 0 Å². The lowest BCUT2D eigenvalue weighted by Crippen LogP contribution is -2.14. The van der Waals surface area contributed by atoms with Crippen LogP contribution in [-0.2, 0) is 22.7 Å². The van der Waals surface area contributed by atoms with Crippen molar-refractivity contribution in [3.63, 3.8) is 0 Å². The van der Waals surface area contributed by atoms with Crippen LogP contribution in [0.5, 0.6) is 0 Å². The van der Waals surface area contributed by atoms with E-state index in [1.54, 1.807) is 11.8 Å². The number of rotatable bonds is 5. The van der Waals surface area contributed by atoms with Gasteiger partial charge in [-0.3, -0.25) is 4.79 Å². The molecule has 23 heavy (non-hydrogen) atoms. The molecule has 0 bridgehead atoms. The molecule has 0 aliphatic heterocycles. The minimum Gasteiger partial charge on any atom is -0.459 e. The molecule has 0 aliphatic rings. The Kier molecular flexibility index (Phi) is 4.73. The number of pyridine rings is 1. The van der Waals surface area contributed by atoms with Crippen molar-refractivity contribution in [1.29, 1.82) is 0 Å². The molecular weight excluding hydrogens is 338 g/mol. The van der Waals surface area contributed by atoms with Gasteiger partial charge in [0.15, 0.2) is 0 Å². The van der Waals surface area contributed by atoms with Crippen LogP contribution in [0.4, 0.5) is 0 Å². The number of carbonyl (C=O) groups excluding carboxylic acids is 1. The Morgan fingerprint density at radius 1 is 1.39 bits per heavy atom. The zero-order valence-electron chi connectivity index (χ0n) is 12.1. The number of hydrogen-bond donors (Lipinski definition) is 0. The summed E-state index contributed by atoms with van der Waals surface area (Å²) in [6.07, 6.45) is 3.34. The monoisotopic (exact) mass is 349 g/mol. The fourth-order valence-electron chi connectivity index (χ4n) is 1.98. The SMILES string of the molecule is CSc1ccc2cc(COC(=O)Cn3cnnn3)c(Cl)nc2c1. The normalized spacial score (nSPS) is 10.9. The minimum atomic E-state index is -0.453. The predicted octanol–water partition coefficient (Wildman–Crippen LogP) is 2.34. The maximum atomic E-state index is 11.7. The Bertz CT molecular complexity index is 841. The molecule has 0 saturated heterocycles. The quantitative estimate of drug-likeness (QED) is 0.397. The van der Waals surface area contributed by atoms with Gasteiger partial charge in [0, 0.05) is 15.8 Å². The highest BCUT2D eigenvalue weighted by atomic mass is 35.5. The van der Waals surface area contributed by atoms with Gasteiger partial charge in [-0.05, 0) is 34.9 Å². The number of carbonyl (C=O) groups is 1. The number of aromatic nitrogens is 5. The molecule has 0 saturated carbocycles. The molecular formula is C14H12ClN5O2S. The van der Waals surface area contributed by atoms with E-state index in [0.717, 1.165) is 15.8 Å². The Morgan fingerprint density at radius 3 is 3.00 bits per heavy atom. The molecule has 0 radical (unpaired) electrons. The van der Waals surface area contributed by atoms with Crippen molar-refractivity contribution in [3.8, 4) is 0 Å². The van der Waals surface area contributed by atoms with Crippen LogP contribution >= 0.6 is 23.4 Å². The van der Waals surface area contributed by atoms with E-state index >= 15 is 0 Å². The van der Waals surface area contributed by atoms with Crippen molar-refractivity contribution in [2.75, 3.05) is 6.26 Å². The summed E-state index contributed by atoms with van der Waals surface area (Å²) in [5.74, 6) is -0.453. The van der Waals surface area contributed by atoms with E-state index in [2.05, 4.69) is 20.5 Å². The first-order valence-corrected chi connectivity index (χ1v) is 8.25. The first-order chi connectivity index (χ1) is 11.2. The fourth-order valence-corrected chi connectivity index (χ4v) is 2.62. The predicted molar refractivity (Wildman–Crippen MR) is 86.1 cm³/mol. The first-order valence-electron chi connectivity index (χ1n) is 6.65. The van der Waals surface area contributed by atoms with E-state index in [1.807, 2.05) is 30.5 Å². The van der Waals surface area contributed by atoms with Gasteiger partial charge in [-0.2, -0.15) is 0 Å². The number of thioether (sulfide) groups is 1. The lowest BCUT2D eigenvalue weighted by Gasteiger charge is -2.08. The number of hydrogen-bond acceptors (Lipinski definition) is 7. The number of fused-ring (bicyclic) bond motifs is 1. The van der Waals surface area contributed by atoms with Crippen molar-refractivity contribution in [1.82, 2.24) is 25.2 Å². The molecule has 0 unspecified atom stereocenters. The van der Waals surface area contributed by atoms with Gasteiger partial charge in [0.1, 0.15) is 24.6 Å². The second-order valence-electron chi connectivity index (χ2n) is 4.67. The third-order valence-electron chi connectivity index (χ3n) is 3.12. The summed E-state index contributed by atoms with van der Waals surface area (Å²) in [6.45, 7) is -0.00424. The number of esters is 1. The van der Waals surface area contributed by atoms with Crippen molar-refractivity contribution >= 4 is 40.2 Å². The molecule has 2 aromatic heterocycles. The van der Waals surface area contributed by atoms with Crippen LogP contribution in [0.15, 0.2) is 35.5 Å². The summed E-state index contributed by atoms with van der Waals surface area (Å²) in [4.78, 5) is 17.2. The van der Waals surface area contributed by atoms with Gasteiger partial charge in [-0.25, -0.2) is 9.67 Å². The average Bonchev–Trinajstić information content (AvgIpc) is 3.05. The zero-order valence-corrected chi connectivity index (χ0v) is 13.7. The van der Waals surface area contributed by atoms with E-state index in [1.165, 1.54) is 11.0 Å². The van der Waals surface area contributed by atoms with Gasteiger partial charge in [0.05, 0.1) is 5.52 Å². The maximum Gasteiger partial charge on any atom is 0.328 e. The highest BCUT2D eigenvalue weighted by Gasteiger charge is 2.10. The Labute approximate surface area is 141 Å². The van der Waals surface area contributed by atoms with Gasteiger partial charge < -0.3 is 4.74 Å². The largest absolute Gasteiger partial charge is 0.459 e. The highest BCUT2D eigenvalue weighted by molar-refractivity contribution is 7.98. The van der Waals surface area contributed by atoms with Gasteiger partial charge in [-0.15, -0.1) is 16.9 Å². The number of tetrazole rings is 1. The summed E-state index contributed by atoms with van der Waals surface area (Å²) in [6, 6.07) is 7.82. The van der Waals surface area contributed by atoms with Crippen LogP contribution < -0.4 is 0 Å². The second-order valence-corrected chi connectivity index (χ2v) is 5.90. The molecule has 0 fully saturated rings. The van der Waals surface area contributed by atoms with Crippen molar-refractivity contribution in [2.24, 2.45) is 0 Å². The minimum absolute atomic E-state index is 0.0486. The van der Waals surface area contributed by atoms with E-state index in [0.29, 0.717) is 10.7 Å². The topological polar surface area (TPSA) is 82.8 Å². The van der Waals surface area contributed by atoms with Crippen LogP contribution in [0.1, 0.15) is 5.56 Å². The summed E-state index contributed by atoms with van der Waals surface area (Å²) in [7, 11) is 0. The standard InChI is InChI=1S/C14H12ClN5O2S/c1-23-11-3-2-9-4-10(14(15)17-12(9)5-11)7-22-13(21)6-20-8-16-18-19-20/h2-5,8H,6-7H2,1H3. The second kappa shape index (κ2) is 6.93. The Hall–Kier alpha value is -2.19. The molecule has 3 aromatic rings. The van der Waals surface area contributed by atoms with Crippen LogP contribution in [-0.4, -0.2) is 37.4 Å². The summed E-state index contributed by atoms with van der Waals surface area (Å²) in [5.41, 5.74) is 1.46. The molecule has 0 aliphatic carbocycles. The third kappa shape index (κ3) is 3.77. The molecule has 118 valence electrons. The molecule has 0 atom stereocenters. The van der Waals surface area contributed by atoms with Crippen molar-refractivity contribution in [3.05, 3.63) is 41.3 Å². The van der Waals surface area contributed by atoms with Gasteiger partial charge >= 0.3 is 5.97 Å². The van der Waals surface area contributed by atoms with Gasteiger partial charge in [0.2, 0.25) is 0 Å². The lowest BCUT2D eigenvalue weighted by molar-refractivity contribution is -0.145. The van der Waals surface area contributed by atoms with E-state index in [9.17, 15) is 4.79 Å². The molecule has 0 N–H and O–H groups in total. The van der Waals surface area contributed by atoms with Gasteiger partial charge in [-0.1, -0.05) is 17.7 Å². The first kappa shape index (κ1) is 15.7. The van der Waals surface area contributed by atoms with Crippen LogP contribution in [0.25, 0.3) is 10.9 Å². The molecule has 9 heteroatoms. The maximum absolute atomic E-state index is 11.7. The van der Waals surface area contributed by atoms with E-state index < -0.39 is 5.97 Å². The Balaban J connectivity index is 1.72. The molecule has 0 spiro atoms. The van der Waals surface area contributed by atoms with Crippen LogP contribution in [0, 0.1) is 0 Å². The van der Waals surface area contributed by atoms with Crippen LogP contribution in [0.3, 0.4) is 0 Å². The lowest BCUT2D eigenvalue weighted by atomic mass is 10.2. The smallest absolute Gasteiger partial charge is 0.328 e. The number of halogens is 1. The zero-order chi connectivity index (χ0) is 16.2. The number of nitrogens with zero attached hydrogens (tertiary/aromatic N) is 5. The average molecular weight is 350 g/mol. The third-order valence-corrected chi connectivity index (χ3v) is 4.17. The summed E-state index contributed by atoms with van der Waals surface area (Å²) >= 11 is 7.82. The molecule has 7 nitrogen and oxygen atoms in total. The summed E-state index contributed by atoms with van der Waals surface area (Å²) < 4.78 is 6.48. The summed E-state index contributed by atoms with van der Waals surface area (Å²) in [5, 5.41) is 11.8. The fraction of sp³-hybridized carbons (Fsp3) is 0.214. The van der Waals surface area contributed by atoms with Crippen LogP contribution in [0.2, 0.25) is 5.15 Å². The molecule has 0 amide bonds. The molecule has 3 rings (SSSR count). The van der Waals surface area contributed by atoms with E-state index in [-0.39, 0.29) is 13.2 Å². The van der Waals surface area contributed by atoms with Crippen molar-refractivity contribution < 1.29 is 9.53 Å². The van der Waals surface area contributed by atoms with Crippen molar-refractivity contribution in [2.45, 2.75) is 18.0 Å². The number of benzene rings is 1. The number of ether oxygens (including phenoxy) is 1. The van der Waals surface area contributed by atoms with E-state index in [4.69, 9.17) is 16.3 Å².